The van der Waals surface area contributed by atoms with Gasteiger partial charge in [-0.05, 0) is 237 Å². The number of aryl methyl sites for hydroxylation is 6. The van der Waals surface area contributed by atoms with Gasteiger partial charge in [-0.2, -0.15) is 0 Å². The zero-order valence-electron chi connectivity index (χ0n) is 70.7. The Morgan fingerprint density at radius 2 is 0.523 bits per heavy atom. The van der Waals surface area contributed by atoms with Crippen molar-refractivity contribution in [2.45, 2.75) is 302 Å². The second-order valence-electron chi connectivity index (χ2n) is 38.7. The third kappa shape index (κ3) is 48.8. The Morgan fingerprint density at radius 1 is 0.239 bits per heavy atom. The molecule has 0 aliphatic carbocycles. The molecular weight excluding hydrogens is 1330 g/mol. The van der Waals surface area contributed by atoms with E-state index in [1.807, 2.05) is 0 Å². The van der Waals surface area contributed by atoms with Crippen LogP contribution in [0.1, 0.15) is 281 Å². The molecule has 0 saturated heterocycles. The van der Waals surface area contributed by atoms with E-state index in [0.29, 0.717) is 32.5 Å². The van der Waals surface area contributed by atoms with E-state index in [2.05, 4.69) is 401 Å². The SMILES string of the molecule is C.C.C.C.C.CC(C)(C)Cc1ccc(-c2ccccc2)cc1.CC(C)(C)Cc1ccc(C(C)(C)C)cc1.CC(C)(C)Cc1ccc(OC(F)(F)F)cc1.CC(C)(C)Cc1cccc(-c2ccccc2)c1.Cc1ccc(C)c(CC(C)(C)C)c1.Cc1ccc(CC(C)(C)C)cc1C.Cc1ccc(CC(C)(C)C)cc1C. The summed E-state index contributed by atoms with van der Waals surface area (Å²) in [6, 6.07) is 74.2. The summed E-state index contributed by atoms with van der Waals surface area (Å²) in [6.07, 6.45) is 3.08. The summed E-state index contributed by atoms with van der Waals surface area (Å²) in [7, 11) is 0. The molecule has 9 aromatic rings. The van der Waals surface area contributed by atoms with Crippen molar-refractivity contribution < 1.29 is 17.9 Å². The first-order valence-corrected chi connectivity index (χ1v) is 38.0. The summed E-state index contributed by atoms with van der Waals surface area (Å²) < 4.78 is 39.5. The summed E-state index contributed by atoms with van der Waals surface area (Å²) in [5.41, 5.74) is 27.3. The highest BCUT2D eigenvalue weighted by molar-refractivity contribution is 5.64. The van der Waals surface area contributed by atoms with Gasteiger partial charge in [-0.15, -0.1) is 13.2 Å². The smallest absolute Gasteiger partial charge is 0.406 e. The molecule has 0 aromatic heterocycles. The topological polar surface area (TPSA) is 9.23 Å². The third-order valence-electron chi connectivity index (χ3n) is 16.8. The fourth-order valence-electron chi connectivity index (χ4n) is 11.9. The predicted octanol–water partition coefficient (Wildman–Crippen LogP) is 33.5. The highest BCUT2D eigenvalue weighted by Gasteiger charge is 2.31. The lowest BCUT2D eigenvalue weighted by atomic mass is 9.84. The lowest BCUT2D eigenvalue weighted by molar-refractivity contribution is -0.274. The van der Waals surface area contributed by atoms with Crippen LogP contribution >= 0.6 is 0 Å². The monoisotopic (exact) mass is 1490 g/mol. The van der Waals surface area contributed by atoms with Crippen LogP contribution < -0.4 is 4.74 Å². The molecule has 0 saturated carbocycles. The number of benzene rings is 9. The van der Waals surface area contributed by atoms with E-state index in [0.717, 1.165) is 44.1 Å². The van der Waals surface area contributed by atoms with E-state index in [1.54, 1.807) is 12.1 Å². The van der Waals surface area contributed by atoms with Gasteiger partial charge in [-0.1, -0.05) is 409 Å². The molecule has 0 bridgehead atoms. The normalized spacial score (nSPS) is 11.4. The molecular formula is C105H159F3O. The van der Waals surface area contributed by atoms with Crippen LogP contribution in [0.5, 0.6) is 5.75 Å². The highest BCUT2D eigenvalue weighted by Crippen LogP contribution is 2.31. The van der Waals surface area contributed by atoms with Crippen molar-refractivity contribution in [1.29, 1.82) is 0 Å². The van der Waals surface area contributed by atoms with Gasteiger partial charge in [0.15, 0.2) is 0 Å². The minimum Gasteiger partial charge on any atom is -0.406 e. The van der Waals surface area contributed by atoms with Crippen molar-refractivity contribution in [1.82, 2.24) is 0 Å². The molecule has 0 fully saturated rings. The molecule has 4 heteroatoms. The Morgan fingerprint density at radius 3 is 0.853 bits per heavy atom. The maximum Gasteiger partial charge on any atom is 0.573 e. The molecule has 0 unspecified atom stereocenters. The van der Waals surface area contributed by atoms with E-state index in [1.165, 1.54) is 113 Å². The Kier molecular flexibility index (Phi) is 45.0. The summed E-state index contributed by atoms with van der Waals surface area (Å²) in [6.45, 7) is 67.1. The van der Waals surface area contributed by atoms with E-state index in [9.17, 15) is 13.2 Å². The standard InChI is InChI=1S/2C17H20.C15H24.3C13H20.C12H15F3O.5CH4/c1-17(2,3)13-14-8-7-11-16(12-14)15-9-5-4-6-10-15;1-17(2,3)13-14-9-11-16(12-10-14)15-7-5-4-6-8-15;1-14(2,3)11-12-7-9-13(10-8-12)15(4,5)6;2*1-10-6-7-12(8-11(10)2)9-13(3,4)5;1-10-6-7-11(2)12(8-10)9-13(3,4)5;1-11(2,3)8-9-4-6-10(7-5-9)16-12(13,14)15;;;;;/h2*4-12H,13H2,1-3H3;7-10H,11H2,1-6H3;3*6-8H,9H2,1-5H3;4-7H,8H2,1-3H3;5*1H4. The Labute approximate surface area is 671 Å². The van der Waals surface area contributed by atoms with E-state index < -0.39 is 6.36 Å². The van der Waals surface area contributed by atoms with Gasteiger partial charge in [0, 0.05) is 0 Å². The fourth-order valence-corrected chi connectivity index (χ4v) is 11.9. The molecule has 0 heterocycles. The molecule has 109 heavy (non-hydrogen) atoms. The van der Waals surface area contributed by atoms with E-state index in [-0.39, 0.29) is 53.7 Å². The van der Waals surface area contributed by atoms with Crippen LogP contribution in [-0.4, -0.2) is 6.36 Å². The largest absolute Gasteiger partial charge is 0.573 e. The van der Waals surface area contributed by atoms with Gasteiger partial charge in [0.1, 0.15) is 5.75 Å². The van der Waals surface area contributed by atoms with Crippen molar-refractivity contribution in [3.05, 3.63) is 290 Å². The summed E-state index contributed by atoms with van der Waals surface area (Å²) in [5.74, 6) is -0.176. The third-order valence-corrected chi connectivity index (χ3v) is 16.8. The molecule has 0 aliphatic heterocycles. The van der Waals surface area contributed by atoms with Crippen LogP contribution in [0.4, 0.5) is 13.2 Å². The van der Waals surface area contributed by atoms with Gasteiger partial charge in [-0.3, -0.25) is 0 Å². The number of rotatable bonds is 10. The molecule has 1 nitrogen and oxygen atoms in total. The molecule has 606 valence electrons. The number of hydrogen-bond donors (Lipinski definition) is 0. The molecule has 0 aliphatic rings. The first-order chi connectivity index (χ1) is 47.6. The molecule has 0 radical (unpaired) electrons. The van der Waals surface area contributed by atoms with Crippen LogP contribution in [0.15, 0.2) is 212 Å². The molecule has 0 atom stereocenters. The minimum absolute atomic E-state index is 0. The maximum absolute atomic E-state index is 11.9. The average molecular weight is 1490 g/mol. The van der Waals surface area contributed by atoms with Gasteiger partial charge in [0.2, 0.25) is 0 Å². The number of alkyl halides is 3. The van der Waals surface area contributed by atoms with Crippen LogP contribution in [0, 0.1) is 79.4 Å². The van der Waals surface area contributed by atoms with Crippen LogP contribution in [0.25, 0.3) is 22.3 Å². The molecule has 0 spiro atoms. The molecule has 9 aromatic carbocycles. The summed E-state index contributed by atoms with van der Waals surface area (Å²) in [5, 5.41) is 0. The number of halogens is 3. The fraction of sp³-hybridized carbons (Fsp3) is 0.486. The van der Waals surface area contributed by atoms with Crippen molar-refractivity contribution in [3.63, 3.8) is 0 Å². The molecule has 0 N–H and O–H groups in total. The average Bonchev–Trinajstić information content (AvgIpc) is 0.893. The zero-order valence-corrected chi connectivity index (χ0v) is 70.7. The number of hydrogen-bond acceptors (Lipinski definition) is 1. The van der Waals surface area contributed by atoms with Gasteiger partial charge < -0.3 is 4.74 Å². The van der Waals surface area contributed by atoms with Gasteiger partial charge >= 0.3 is 6.36 Å². The lowest BCUT2D eigenvalue weighted by Gasteiger charge is -2.21. The molecule has 0 amide bonds. The van der Waals surface area contributed by atoms with Crippen LogP contribution in [-0.2, 0) is 50.4 Å². The number of ether oxygens (including phenoxy) is 1. The summed E-state index contributed by atoms with van der Waals surface area (Å²) in [4.78, 5) is 0. The van der Waals surface area contributed by atoms with Crippen molar-refractivity contribution in [3.8, 4) is 28.0 Å². The van der Waals surface area contributed by atoms with Crippen LogP contribution in [0.3, 0.4) is 0 Å². The predicted molar refractivity (Wildman–Crippen MR) is 486 cm³/mol. The van der Waals surface area contributed by atoms with Crippen molar-refractivity contribution in [2.75, 3.05) is 0 Å². The first kappa shape index (κ1) is 106. The Bertz CT molecular complexity index is 3800. The summed E-state index contributed by atoms with van der Waals surface area (Å²) >= 11 is 0. The van der Waals surface area contributed by atoms with Crippen LogP contribution in [0.2, 0.25) is 0 Å². The van der Waals surface area contributed by atoms with Gasteiger partial charge in [-0.25, -0.2) is 0 Å². The van der Waals surface area contributed by atoms with E-state index in [4.69, 9.17) is 0 Å². The molecule has 9 rings (SSSR count). The van der Waals surface area contributed by atoms with E-state index >= 15 is 0 Å². The lowest BCUT2D eigenvalue weighted by Crippen LogP contribution is -2.17. The second-order valence-corrected chi connectivity index (χ2v) is 38.7. The van der Waals surface area contributed by atoms with Crippen molar-refractivity contribution in [2.24, 2.45) is 37.9 Å². The highest BCUT2D eigenvalue weighted by atomic mass is 19.4. The van der Waals surface area contributed by atoms with Crippen molar-refractivity contribution >= 4 is 0 Å². The Balaban J connectivity index is -0.00000120. The van der Waals surface area contributed by atoms with Gasteiger partial charge in [0.25, 0.3) is 0 Å². The maximum atomic E-state index is 11.9. The van der Waals surface area contributed by atoms with Gasteiger partial charge in [0.05, 0.1) is 0 Å². The minimum atomic E-state index is -4.62. The zero-order chi connectivity index (χ0) is 78.9. The second kappa shape index (κ2) is 46.4. The quantitative estimate of drug-likeness (QED) is 0.133. The Hall–Kier alpha value is -7.43. The first-order valence-electron chi connectivity index (χ1n) is 38.0.